The molecule has 0 aliphatic carbocycles. The Hall–Kier alpha value is -0.600. The Balaban J connectivity index is 2.73. The van der Waals surface area contributed by atoms with Crippen molar-refractivity contribution in [3.8, 4) is 5.75 Å². The second-order valence-corrected chi connectivity index (χ2v) is 3.25. The maximum absolute atomic E-state index is 5.96. The highest BCUT2D eigenvalue weighted by atomic mass is 35.5. The molecule has 0 radical (unpaired) electrons. The number of halogens is 2. The Kier molecular flexibility index (Phi) is 4.19. The molecular formula is C9H11Cl2NO. The van der Waals surface area contributed by atoms with E-state index in [1.54, 1.807) is 13.2 Å². The lowest BCUT2D eigenvalue weighted by Gasteiger charge is -2.07. The molecule has 0 aliphatic heterocycles. The first-order chi connectivity index (χ1) is 6.27. The van der Waals surface area contributed by atoms with E-state index in [4.69, 9.17) is 27.9 Å². The quantitative estimate of drug-likeness (QED) is 0.787. The zero-order chi connectivity index (χ0) is 9.68. The molecule has 0 saturated heterocycles. The molecule has 2 nitrogen and oxygen atoms in total. The number of hydrogen-bond donors (Lipinski definition) is 1. The van der Waals surface area contributed by atoms with Crippen LogP contribution in [0.25, 0.3) is 0 Å². The van der Waals surface area contributed by atoms with Gasteiger partial charge in [-0.2, -0.15) is 0 Å². The van der Waals surface area contributed by atoms with E-state index in [9.17, 15) is 0 Å². The molecule has 0 fully saturated rings. The molecule has 1 N–H and O–H groups in total. The molecule has 0 amide bonds. The molecule has 0 aromatic heterocycles. The van der Waals surface area contributed by atoms with Crippen molar-refractivity contribution in [3.05, 3.63) is 23.2 Å². The van der Waals surface area contributed by atoms with Gasteiger partial charge in [0.05, 0.1) is 17.8 Å². The van der Waals surface area contributed by atoms with Crippen molar-refractivity contribution in [2.75, 3.05) is 24.9 Å². The van der Waals surface area contributed by atoms with Gasteiger partial charge in [0, 0.05) is 18.5 Å². The van der Waals surface area contributed by atoms with Crippen LogP contribution in [-0.2, 0) is 0 Å². The van der Waals surface area contributed by atoms with E-state index in [1.807, 2.05) is 12.1 Å². The maximum Gasteiger partial charge on any atom is 0.120 e. The summed E-state index contributed by atoms with van der Waals surface area (Å²) in [7, 11) is 1.61. The average molecular weight is 220 g/mol. The van der Waals surface area contributed by atoms with Crippen LogP contribution in [0, 0.1) is 0 Å². The van der Waals surface area contributed by atoms with Crippen molar-refractivity contribution < 1.29 is 4.74 Å². The Morgan fingerprint density at radius 1 is 1.46 bits per heavy atom. The van der Waals surface area contributed by atoms with Gasteiger partial charge in [0.15, 0.2) is 0 Å². The number of benzene rings is 1. The van der Waals surface area contributed by atoms with Gasteiger partial charge in [0.2, 0.25) is 0 Å². The Labute approximate surface area is 87.8 Å². The summed E-state index contributed by atoms with van der Waals surface area (Å²) in [6.07, 6.45) is 0. The summed E-state index contributed by atoms with van der Waals surface area (Å²) in [5.74, 6) is 1.31. The molecule has 13 heavy (non-hydrogen) atoms. The fourth-order valence-corrected chi connectivity index (χ4v) is 1.28. The van der Waals surface area contributed by atoms with Gasteiger partial charge in [-0.25, -0.2) is 0 Å². The predicted molar refractivity (Wildman–Crippen MR) is 57.2 cm³/mol. The van der Waals surface area contributed by atoms with E-state index < -0.39 is 0 Å². The summed E-state index contributed by atoms with van der Waals surface area (Å²) in [6.45, 7) is 0.702. The number of alkyl halides is 1. The van der Waals surface area contributed by atoms with E-state index in [2.05, 4.69) is 5.32 Å². The van der Waals surface area contributed by atoms with Gasteiger partial charge in [-0.3, -0.25) is 0 Å². The molecule has 0 heterocycles. The third-order valence-electron chi connectivity index (χ3n) is 1.59. The molecule has 4 heteroatoms. The fourth-order valence-electron chi connectivity index (χ4n) is 0.948. The monoisotopic (exact) mass is 219 g/mol. The van der Waals surface area contributed by atoms with Gasteiger partial charge in [-0.15, -0.1) is 11.6 Å². The molecule has 1 aromatic carbocycles. The van der Waals surface area contributed by atoms with Gasteiger partial charge in [-0.05, 0) is 12.1 Å². The van der Waals surface area contributed by atoms with E-state index in [0.717, 1.165) is 11.4 Å². The van der Waals surface area contributed by atoms with Crippen molar-refractivity contribution in [2.24, 2.45) is 0 Å². The number of rotatable bonds is 4. The summed E-state index contributed by atoms with van der Waals surface area (Å²) in [5.41, 5.74) is 0.878. The molecule has 1 aromatic rings. The molecule has 0 bridgehead atoms. The highest BCUT2D eigenvalue weighted by Gasteiger charge is 2.00. The SMILES string of the molecule is COc1ccc(NCCCl)c(Cl)c1. The van der Waals surface area contributed by atoms with Crippen molar-refractivity contribution in [1.82, 2.24) is 0 Å². The molecule has 1 rings (SSSR count). The van der Waals surface area contributed by atoms with Crippen LogP contribution in [0.2, 0.25) is 5.02 Å². The number of methoxy groups -OCH3 is 1. The molecule has 72 valence electrons. The van der Waals surface area contributed by atoms with Crippen LogP contribution >= 0.6 is 23.2 Å². The zero-order valence-corrected chi connectivity index (χ0v) is 8.82. The Morgan fingerprint density at radius 3 is 2.77 bits per heavy atom. The summed E-state index contributed by atoms with van der Waals surface area (Å²) in [5, 5.41) is 3.74. The molecule has 0 saturated carbocycles. The normalized spacial score (nSPS) is 9.77. The van der Waals surface area contributed by atoms with Gasteiger partial charge >= 0.3 is 0 Å². The molecule has 0 aliphatic rings. The van der Waals surface area contributed by atoms with Crippen molar-refractivity contribution in [2.45, 2.75) is 0 Å². The van der Waals surface area contributed by atoms with Gasteiger partial charge in [0.25, 0.3) is 0 Å². The fraction of sp³-hybridized carbons (Fsp3) is 0.333. The van der Waals surface area contributed by atoms with E-state index in [1.165, 1.54) is 0 Å². The van der Waals surface area contributed by atoms with E-state index in [-0.39, 0.29) is 0 Å². The first-order valence-corrected chi connectivity index (χ1v) is 4.82. The standard InChI is InChI=1S/C9H11Cl2NO/c1-13-7-2-3-9(8(11)6-7)12-5-4-10/h2-3,6,12H,4-5H2,1H3. The lowest BCUT2D eigenvalue weighted by atomic mass is 10.3. The van der Waals surface area contributed by atoms with Crippen molar-refractivity contribution >= 4 is 28.9 Å². The topological polar surface area (TPSA) is 21.3 Å². The minimum Gasteiger partial charge on any atom is -0.497 e. The Morgan fingerprint density at radius 2 is 2.23 bits per heavy atom. The number of nitrogens with one attached hydrogen (secondary N) is 1. The second-order valence-electron chi connectivity index (χ2n) is 2.46. The van der Waals surface area contributed by atoms with E-state index in [0.29, 0.717) is 17.4 Å². The maximum atomic E-state index is 5.96. The lowest BCUT2D eigenvalue weighted by molar-refractivity contribution is 0.415. The van der Waals surface area contributed by atoms with Crippen LogP contribution in [0.15, 0.2) is 18.2 Å². The highest BCUT2D eigenvalue weighted by Crippen LogP contribution is 2.26. The average Bonchev–Trinajstić information content (AvgIpc) is 2.16. The first kappa shape index (κ1) is 10.5. The van der Waals surface area contributed by atoms with Gasteiger partial charge in [0.1, 0.15) is 5.75 Å². The van der Waals surface area contributed by atoms with Crippen LogP contribution in [-0.4, -0.2) is 19.5 Å². The zero-order valence-electron chi connectivity index (χ0n) is 7.31. The van der Waals surface area contributed by atoms with Crippen molar-refractivity contribution in [1.29, 1.82) is 0 Å². The highest BCUT2D eigenvalue weighted by molar-refractivity contribution is 6.33. The van der Waals surface area contributed by atoms with Crippen LogP contribution in [0.4, 0.5) is 5.69 Å². The van der Waals surface area contributed by atoms with Crippen molar-refractivity contribution in [3.63, 3.8) is 0 Å². The molecule has 0 spiro atoms. The summed E-state index contributed by atoms with van der Waals surface area (Å²) in [6, 6.07) is 5.48. The molecule has 0 atom stereocenters. The largest absolute Gasteiger partial charge is 0.497 e. The minimum absolute atomic E-state index is 0.558. The Bertz CT molecular complexity index is 278. The lowest BCUT2D eigenvalue weighted by Crippen LogP contribution is -2.02. The van der Waals surface area contributed by atoms with Crippen LogP contribution in [0.5, 0.6) is 5.75 Å². The third-order valence-corrected chi connectivity index (χ3v) is 2.09. The van der Waals surface area contributed by atoms with Gasteiger partial charge in [-0.1, -0.05) is 11.6 Å². The third kappa shape index (κ3) is 2.98. The van der Waals surface area contributed by atoms with Gasteiger partial charge < -0.3 is 10.1 Å². The number of ether oxygens (including phenoxy) is 1. The summed E-state index contributed by atoms with van der Waals surface area (Å²) in [4.78, 5) is 0. The van der Waals surface area contributed by atoms with Crippen LogP contribution < -0.4 is 10.1 Å². The van der Waals surface area contributed by atoms with Crippen LogP contribution in [0.1, 0.15) is 0 Å². The minimum atomic E-state index is 0.558. The molecular weight excluding hydrogens is 209 g/mol. The predicted octanol–water partition coefficient (Wildman–Crippen LogP) is 3.00. The summed E-state index contributed by atoms with van der Waals surface area (Å²) < 4.78 is 5.02. The molecule has 0 unspecified atom stereocenters. The second kappa shape index (κ2) is 5.20. The van der Waals surface area contributed by atoms with E-state index >= 15 is 0 Å². The first-order valence-electron chi connectivity index (χ1n) is 3.91. The number of anilines is 1. The number of hydrogen-bond acceptors (Lipinski definition) is 2. The smallest absolute Gasteiger partial charge is 0.120 e. The summed E-state index contributed by atoms with van der Waals surface area (Å²) >= 11 is 11.5. The van der Waals surface area contributed by atoms with Crippen LogP contribution in [0.3, 0.4) is 0 Å².